The molecule has 0 spiro atoms. The van der Waals surface area contributed by atoms with Crippen molar-refractivity contribution in [2.75, 3.05) is 49.6 Å². The standard InChI is InChI=1S/C57H84N6O9S/c1-17-23-70-45-30-47(46(71-24-18-2)28-39(45)57(14,15)34-54(5,6)7)73(66,67)61-42-27-38(44(68-16)29-43(42)62-22-20-21-36(32-62)52(64)69-19-3)50-59-51-48(37(31-58)33-63(51)60-50)53(65)72-49-40(55(8,9)10)25-35(4)26-41(49)56(11,12)13/h27-30,33,35-36,40-41,49,61H,17-26,32,34H2,1-16H3,(H,59,60). The van der Waals surface area contributed by atoms with Crippen LogP contribution in [0.2, 0.25) is 0 Å². The number of rotatable bonds is 18. The van der Waals surface area contributed by atoms with Gasteiger partial charge in [0, 0.05) is 48.8 Å². The fraction of sp³-hybridized carbons (Fsp3) is 0.649. The number of anilines is 2. The van der Waals surface area contributed by atoms with E-state index in [1.54, 1.807) is 25.1 Å². The Kier molecular flexibility index (Phi) is 17.3. The van der Waals surface area contributed by atoms with E-state index in [0.717, 1.165) is 24.8 Å². The van der Waals surface area contributed by atoms with E-state index in [2.05, 4.69) is 99.0 Å². The first-order chi connectivity index (χ1) is 34.1. The van der Waals surface area contributed by atoms with Crippen molar-refractivity contribution in [1.29, 1.82) is 5.26 Å². The highest BCUT2D eigenvalue weighted by Gasteiger charge is 2.48. The summed E-state index contributed by atoms with van der Waals surface area (Å²) in [6.45, 7) is 33.6. The molecule has 1 saturated carbocycles. The van der Waals surface area contributed by atoms with Crippen LogP contribution in [0.5, 0.6) is 17.2 Å². The zero-order valence-electron chi connectivity index (χ0n) is 46.6. The molecule has 2 aromatic carbocycles. The van der Waals surface area contributed by atoms with E-state index in [9.17, 15) is 14.9 Å². The third kappa shape index (κ3) is 12.9. The minimum atomic E-state index is -4.47. The number of aromatic nitrogens is 3. The lowest BCUT2D eigenvalue weighted by molar-refractivity contribution is -0.148. The number of aromatic amines is 1. The molecule has 2 aliphatic rings. The van der Waals surface area contributed by atoms with Gasteiger partial charge < -0.3 is 28.6 Å². The van der Waals surface area contributed by atoms with Gasteiger partial charge in [0.1, 0.15) is 39.9 Å². The molecule has 2 fully saturated rings. The summed E-state index contributed by atoms with van der Waals surface area (Å²) in [5, 5.41) is 13.7. The van der Waals surface area contributed by atoms with Gasteiger partial charge in [-0.25, -0.2) is 22.7 Å². The predicted molar refractivity (Wildman–Crippen MR) is 287 cm³/mol. The van der Waals surface area contributed by atoms with Gasteiger partial charge in [-0.05, 0) is 91.6 Å². The molecular formula is C57H84N6O9S. The van der Waals surface area contributed by atoms with E-state index in [1.165, 1.54) is 17.8 Å². The minimum Gasteiger partial charge on any atom is -0.496 e. The molecule has 3 heterocycles. The van der Waals surface area contributed by atoms with Crippen LogP contribution in [-0.2, 0) is 29.7 Å². The Morgan fingerprint density at radius 2 is 1.52 bits per heavy atom. The van der Waals surface area contributed by atoms with Crippen molar-refractivity contribution in [2.24, 2.45) is 39.9 Å². The van der Waals surface area contributed by atoms with Gasteiger partial charge in [-0.3, -0.25) is 14.6 Å². The van der Waals surface area contributed by atoms with Crippen molar-refractivity contribution in [2.45, 2.75) is 165 Å². The smallest absolute Gasteiger partial charge is 0.343 e. The summed E-state index contributed by atoms with van der Waals surface area (Å²) in [4.78, 5) is 34.7. The average molecular weight is 1030 g/mol. The van der Waals surface area contributed by atoms with Crippen LogP contribution in [0.25, 0.3) is 17.0 Å². The number of carbonyl (C=O) groups is 2. The lowest BCUT2D eigenvalue weighted by Gasteiger charge is -2.50. The van der Waals surface area contributed by atoms with Crippen LogP contribution in [0.1, 0.15) is 170 Å². The molecule has 0 radical (unpaired) electrons. The van der Waals surface area contributed by atoms with Crippen molar-refractivity contribution in [3.05, 3.63) is 47.2 Å². The molecule has 6 rings (SSSR count). The summed E-state index contributed by atoms with van der Waals surface area (Å²) in [6, 6.07) is 8.97. The second-order valence-corrected chi connectivity index (χ2v) is 26.2. The summed E-state index contributed by atoms with van der Waals surface area (Å²) >= 11 is 0. The van der Waals surface area contributed by atoms with Crippen molar-refractivity contribution in [3.63, 3.8) is 0 Å². The van der Waals surface area contributed by atoms with Gasteiger partial charge in [0.15, 0.2) is 11.5 Å². The van der Waals surface area contributed by atoms with Gasteiger partial charge in [-0.1, -0.05) is 96.9 Å². The SMILES string of the molecule is CCCOc1cc(S(=O)(=O)Nc2cc(-c3nc4c(C(=O)OC5C(C(C)(C)C)CC(C)CC5C(C)(C)C)c(C#N)cn4[nH]3)c(OC)cc2N2CCCC(C(=O)OCC)C2)c(OCCC)cc1C(C)(C)CC(C)(C)C. The summed E-state index contributed by atoms with van der Waals surface area (Å²) in [5.41, 5.74) is 1.39. The van der Waals surface area contributed by atoms with Gasteiger partial charge in [0.05, 0.1) is 55.4 Å². The minimum absolute atomic E-state index is 0.0357. The van der Waals surface area contributed by atoms with E-state index in [1.807, 2.05) is 24.8 Å². The third-order valence-electron chi connectivity index (χ3n) is 14.5. The molecule has 1 aliphatic heterocycles. The number of methoxy groups -OCH3 is 1. The number of nitrogens with zero attached hydrogens (tertiary/aromatic N) is 4. The number of hydrogen-bond acceptors (Lipinski definition) is 12. The fourth-order valence-corrected chi connectivity index (χ4v) is 12.6. The molecule has 2 N–H and O–H groups in total. The molecule has 0 bridgehead atoms. The Labute approximate surface area is 435 Å². The topological polar surface area (TPSA) is 187 Å². The average Bonchev–Trinajstić information content (AvgIpc) is 3.87. The molecule has 3 atom stereocenters. The summed E-state index contributed by atoms with van der Waals surface area (Å²) in [6.07, 6.45) is 6.33. The van der Waals surface area contributed by atoms with Crippen molar-refractivity contribution in [3.8, 4) is 34.7 Å². The number of H-pyrrole nitrogens is 1. The largest absolute Gasteiger partial charge is 0.496 e. The lowest BCUT2D eigenvalue weighted by Crippen LogP contribution is -2.49. The zero-order chi connectivity index (χ0) is 54.0. The number of hydrogen-bond donors (Lipinski definition) is 2. The second-order valence-electron chi connectivity index (χ2n) is 24.5. The Morgan fingerprint density at radius 3 is 2.08 bits per heavy atom. The van der Waals surface area contributed by atoms with E-state index < -0.39 is 33.4 Å². The van der Waals surface area contributed by atoms with Crippen LogP contribution in [0.3, 0.4) is 0 Å². The number of nitriles is 1. The number of piperidine rings is 1. The Balaban J connectivity index is 1.51. The van der Waals surface area contributed by atoms with Gasteiger partial charge >= 0.3 is 11.9 Å². The highest BCUT2D eigenvalue weighted by atomic mass is 32.2. The maximum Gasteiger partial charge on any atom is 0.343 e. The maximum absolute atomic E-state index is 15.3. The molecule has 4 aromatic rings. The van der Waals surface area contributed by atoms with Crippen LogP contribution in [-0.4, -0.2) is 81.1 Å². The molecule has 73 heavy (non-hydrogen) atoms. The number of benzene rings is 2. The maximum atomic E-state index is 15.3. The number of carbonyl (C=O) groups excluding carboxylic acids is 2. The van der Waals surface area contributed by atoms with E-state index in [-0.39, 0.29) is 92.7 Å². The van der Waals surface area contributed by atoms with Crippen molar-refractivity contribution < 1.29 is 41.7 Å². The van der Waals surface area contributed by atoms with Crippen molar-refractivity contribution in [1.82, 2.24) is 14.6 Å². The number of ether oxygens (including phenoxy) is 5. The molecule has 15 nitrogen and oxygen atoms in total. The number of esters is 2. The monoisotopic (exact) mass is 1030 g/mol. The molecule has 1 aliphatic carbocycles. The first-order valence-corrected chi connectivity index (χ1v) is 27.9. The van der Waals surface area contributed by atoms with Crippen LogP contribution >= 0.6 is 0 Å². The van der Waals surface area contributed by atoms with Crippen molar-refractivity contribution >= 4 is 39.0 Å². The highest BCUT2D eigenvalue weighted by molar-refractivity contribution is 7.92. The van der Waals surface area contributed by atoms with Gasteiger partial charge in [0.2, 0.25) is 0 Å². The Bertz CT molecular complexity index is 2740. The molecule has 0 amide bonds. The second kappa shape index (κ2) is 22.2. The summed E-state index contributed by atoms with van der Waals surface area (Å²) in [5.74, 6) is 0.426. The van der Waals surface area contributed by atoms with Gasteiger partial charge in [-0.2, -0.15) is 5.26 Å². The third-order valence-corrected chi connectivity index (χ3v) is 15.9. The van der Waals surface area contributed by atoms with Crippen LogP contribution in [0, 0.1) is 51.2 Å². The van der Waals surface area contributed by atoms with E-state index in [4.69, 9.17) is 28.7 Å². The quantitative estimate of drug-likeness (QED) is 0.0900. The molecule has 3 unspecified atom stereocenters. The molecule has 1 saturated heterocycles. The molecule has 2 aromatic heterocycles. The Morgan fingerprint density at radius 1 is 0.890 bits per heavy atom. The highest BCUT2D eigenvalue weighted by Crippen LogP contribution is 2.51. The van der Waals surface area contributed by atoms with E-state index in [0.29, 0.717) is 67.5 Å². The predicted octanol–water partition coefficient (Wildman–Crippen LogP) is 12.4. The van der Waals surface area contributed by atoms with Gasteiger partial charge in [0.25, 0.3) is 10.0 Å². The molecular weight excluding hydrogens is 945 g/mol. The van der Waals surface area contributed by atoms with E-state index >= 15 is 8.42 Å². The number of nitrogens with one attached hydrogen (secondary N) is 2. The summed E-state index contributed by atoms with van der Waals surface area (Å²) in [7, 11) is -2.96. The lowest BCUT2D eigenvalue weighted by atomic mass is 9.59. The zero-order valence-corrected chi connectivity index (χ0v) is 47.4. The molecule has 402 valence electrons. The first kappa shape index (κ1) is 56.9. The fourth-order valence-electron chi connectivity index (χ4n) is 11.4. The number of sulfonamides is 1. The van der Waals surface area contributed by atoms with Gasteiger partial charge in [-0.15, -0.1) is 0 Å². The summed E-state index contributed by atoms with van der Waals surface area (Å²) < 4.78 is 65.8. The van der Waals surface area contributed by atoms with Crippen LogP contribution in [0.4, 0.5) is 11.4 Å². The number of fused-ring (bicyclic) bond motifs is 1. The normalized spacial score (nSPS) is 20.1. The van der Waals surface area contributed by atoms with Crippen LogP contribution in [0.15, 0.2) is 35.4 Å². The Hall–Kier alpha value is -5.43. The molecule has 16 heteroatoms. The van der Waals surface area contributed by atoms with Crippen LogP contribution < -0.4 is 23.8 Å². The first-order valence-electron chi connectivity index (χ1n) is 26.4.